The first-order valence-corrected chi connectivity index (χ1v) is 18.6. The molecule has 56 heavy (non-hydrogen) atoms. The van der Waals surface area contributed by atoms with Crippen molar-refractivity contribution in [2.75, 3.05) is 0 Å². The van der Waals surface area contributed by atoms with Gasteiger partial charge in [-0.05, 0) is 53.6 Å². The molecular weight excluding hydrogens is 687 g/mol. The van der Waals surface area contributed by atoms with Crippen LogP contribution < -0.4 is 0 Å². The third-order valence-corrected chi connectivity index (χ3v) is 10.4. The average Bonchev–Trinajstić information content (AvgIpc) is 3.82. The molecule has 262 valence electrons. The average molecular weight is 718 g/mol. The zero-order chi connectivity index (χ0) is 37.0. The number of pyridine rings is 1. The van der Waals surface area contributed by atoms with E-state index in [9.17, 15) is 0 Å². The minimum atomic E-state index is 0.624. The second-order valence-electron chi connectivity index (χ2n) is 13.8. The van der Waals surface area contributed by atoms with Crippen LogP contribution in [-0.4, -0.2) is 24.5 Å². The SMILES string of the molecule is c1ccc(-c2nc(-c3ccccc3)nc(-c3ccc(-c4cccc(-c5nc6ccccc6c6oc7c8ccccc8n(-c8ccccc8)c7c56)c4)cc3)n2)cc1. The van der Waals surface area contributed by atoms with E-state index in [2.05, 4.69) is 114 Å². The molecule has 4 aromatic heterocycles. The lowest BCUT2D eigenvalue weighted by Crippen LogP contribution is -2.00. The van der Waals surface area contributed by atoms with Crippen LogP contribution in [0.1, 0.15) is 0 Å². The summed E-state index contributed by atoms with van der Waals surface area (Å²) < 4.78 is 9.22. The number of fused-ring (bicyclic) bond motifs is 7. The largest absolute Gasteiger partial charge is 0.453 e. The molecular formula is C50H31N5O. The number of aromatic nitrogens is 5. The molecule has 11 rings (SSSR count). The number of benzene rings is 7. The Labute approximate surface area is 322 Å². The summed E-state index contributed by atoms with van der Waals surface area (Å²) in [5, 5.41) is 3.04. The lowest BCUT2D eigenvalue weighted by atomic mass is 9.98. The highest BCUT2D eigenvalue weighted by molar-refractivity contribution is 6.24. The lowest BCUT2D eigenvalue weighted by molar-refractivity contribution is 0.676. The van der Waals surface area contributed by atoms with Gasteiger partial charge in [0.25, 0.3) is 0 Å². The standard InChI is InChI=1S/C50H31N5O/c1-4-15-33(16-5-1)48-52-49(34-17-6-2-7-18-34)54-50(53-48)35-29-27-32(28-30-35)36-19-14-20-37(31-36)44-43-45-47(56-46(43)39-23-10-12-25-41(39)51-44)40-24-11-13-26-42(40)55(45)38-21-8-3-9-22-38/h1-31H. The number of furan rings is 1. The maximum Gasteiger partial charge on any atom is 0.164 e. The molecule has 0 atom stereocenters. The van der Waals surface area contributed by atoms with Crippen molar-refractivity contribution in [1.82, 2.24) is 24.5 Å². The van der Waals surface area contributed by atoms with Gasteiger partial charge in [-0.3, -0.25) is 0 Å². The van der Waals surface area contributed by atoms with Gasteiger partial charge in [0.05, 0.1) is 22.1 Å². The Morgan fingerprint density at radius 1 is 0.375 bits per heavy atom. The van der Waals surface area contributed by atoms with Gasteiger partial charge >= 0.3 is 0 Å². The van der Waals surface area contributed by atoms with Crippen LogP contribution in [0.3, 0.4) is 0 Å². The molecule has 0 fully saturated rings. The summed E-state index contributed by atoms with van der Waals surface area (Å²) in [7, 11) is 0. The normalized spacial score (nSPS) is 11.6. The zero-order valence-corrected chi connectivity index (χ0v) is 30.0. The fourth-order valence-corrected chi connectivity index (χ4v) is 7.80. The van der Waals surface area contributed by atoms with Crippen LogP contribution in [-0.2, 0) is 0 Å². The van der Waals surface area contributed by atoms with Crippen LogP contribution in [0, 0.1) is 0 Å². The Balaban J connectivity index is 1.06. The summed E-state index contributed by atoms with van der Waals surface area (Å²) in [5.41, 5.74) is 12.6. The molecule has 0 radical (unpaired) electrons. The first-order chi connectivity index (χ1) is 27.8. The van der Waals surface area contributed by atoms with E-state index in [4.69, 9.17) is 24.4 Å². The third-order valence-electron chi connectivity index (χ3n) is 10.4. The molecule has 0 spiro atoms. The summed E-state index contributed by atoms with van der Waals surface area (Å²) in [5.74, 6) is 1.90. The highest BCUT2D eigenvalue weighted by Crippen LogP contribution is 2.45. The number of nitrogens with zero attached hydrogens (tertiary/aromatic N) is 5. The molecule has 0 aliphatic carbocycles. The molecule has 6 heteroatoms. The first-order valence-electron chi connectivity index (χ1n) is 18.6. The number of hydrogen-bond acceptors (Lipinski definition) is 5. The Morgan fingerprint density at radius 3 is 1.57 bits per heavy atom. The smallest absolute Gasteiger partial charge is 0.164 e. The van der Waals surface area contributed by atoms with Crippen molar-refractivity contribution >= 4 is 43.9 Å². The van der Waals surface area contributed by atoms with Crippen molar-refractivity contribution in [2.45, 2.75) is 0 Å². The molecule has 4 heterocycles. The molecule has 6 nitrogen and oxygen atoms in total. The van der Waals surface area contributed by atoms with Crippen molar-refractivity contribution in [3.05, 3.63) is 188 Å². The topological polar surface area (TPSA) is 69.6 Å². The van der Waals surface area contributed by atoms with E-state index in [-0.39, 0.29) is 0 Å². The Bertz CT molecular complexity index is 3170. The number of hydrogen-bond donors (Lipinski definition) is 0. The van der Waals surface area contributed by atoms with E-state index in [1.807, 2.05) is 78.9 Å². The summed E-state index contributed by atoms with van der Waals surface area (Å²) in [6.45, 7) is 0. The number of rotatable bonds is 6. The molecule has 7 aromatic carbocycles. The van der Waals surface area contributed by atoms with E-state index in [1.165, 1.54) is 0 Å². The summed E-state index contributed by atoms with van der Waals surface area (Å²) in [4.78, 5) is 20.1. The predicted octanol–water partition coefficient (Wildman–Crippen LogP) is 12.6. The predicted molar refractivity (Wildman–Crippen MR) is 226 cm³/mol. The van der Waals surface area contributed by atoms with Gasteiger partial charge in [0.1, 0.15) is 11.1 Å². The molecule has 11 aromatic rings. The van der Waals surface area contributed by atoms with E-state index < -0.39 is 0 Å². The Kier molecular flexibility index (Phi) is 7.38. The van der Waals surface area contributed by atoms with Gasteiger partial charge < -0.3 is 8.98 Å². The minimum Gasteiger partial charge on any atom is -0.453 e. The summed E-state index contributed by atoms with van der Waals surface area (Å²) in [6.07, 6.45) is 0. The Morgan fingerprint density at radius 2 is 0.893 bits per heavy atom. The number of para-hydroxylation sites is 3. The van der Waals surface area contributed by atoms with Crippen molar-refractivity contribution in [3.8, 4) is 62.2 Å². The van der Waals surface area contributed by atoms with E-state index >= 15 is 0 Å². The van der Waals surface area contributed by atoms with Gasteiger partial charge in [-0.25, -0.2) is 19.9 Å². The second-order valence-corrected chi connectivity index (χ2v) is 13.8. The van der Waals surface area contributed by atoms with Crippen LogP contribution in [0.5, 0.6) is 0 Å². The fraction of sp³-hybridized carbons (Fsp3) is 0. The summed E-state index contributed by atoms with van der Waals surface area (Å²) >= 11 is 0. The fourth-order valence-electron chi connectivity index (χ4n) is 7.80. The van der Waals surface area contributed by atoms with Crippen molar-refractivity contribution < 1.29 is 4.42 Å². The molecule has 0 unspecified atom stereocenters. The molecule has 0 bridgehead atoms. The van der Waals surface area contributed by atoms with E-state index in [0.29, 0.717) is 17.5 Å². The van der Waals surface area contributed by atoms with E-state index in [0.717, 1.165) is 88.6 Å². The van der Waals surface area contributed by atoms with Crippen molar-refractivity contribution in [2.24, 2.45) is 0 Å². The molecule has 0 aliphatic heterocycles. The van der Waals surface area contributed by atoms with Gasteiger partial charge in [0, 0.05) is 38.7 Å². The van der Waals surface area contributed by atoms with Gasteiger partial charge in [-0.2, -0.15) is 0 Å². The van der Waals surface area contributed by atoms with Gasteiger partial charge in [0.15, 0.2) is 23.1 Å². The highest BCUT2D eigenvalue weighted by Gasteiger charge is 2.24. The van der Waals surface area contributed by atoms with Gasteiger partial charge in [-0.15, -0.1) is 0 Å². The van der Waals surface area contributed by atoms with Crippen LogP contribution in [0.2, 0.25) is 0 Å². The first kappa shape index (κ1) is 31.8. The quantitative estimate of drug-likeness (QED) is 0.171. The zero-order valence-electron chi connectivity index (χ0n) is 30.0. The van der Waals surface area contributed by atoms with Crippen LogP contribution in [0.25, 0.3) is 106 Å². The lowest BCUT2D eigenvalue weighted by Gasteiger charge is -2.11. The van der Waals surface area contributed by atoms with E-state index in [1.54, 1.807) is 0 Å². The van der Waals surface area contributed by atoms with Gasteiger partial charge in [0.2, 0.25) is 0 Å². The summed E-state index contributed by atoms with van der Waals surface area (Å²) in [6, 6.07) is 64.3. The molecule has 0 saturated heterocycles. The molecule has 0 aliphatic rings. The molecule has 0 N–H and O–H groups in total. The monoisotopic (exact) mass is 717 g/mol. The van der Waals surface area contributed by atoms with Gasteiger partial charge in [-0.1, -0.05) is 146 Å². The highest BCUT2D eigenvalue weighted by atomic mass is 16.3. The maximum atomic E-state index is 6.91. The molecule has 0 saturated carbocycles. The Hall–Kier alpha value is -7.70. The second kappa shape index (κ2) is 13.0. The minimum absolute atomic E-state index is 0.624. The van der Waals surface area contributed by atoms with Crippen molar-refractivity contribution in [3.63, 3.8) is 0 Å². The molecule has 0 amide bonds. The van der Waals surface area contributed by atoms with Crippen LogP contribution in [0.15, 0.2) is 192 Å². The maximum absolute atomic E-state index is 6.91. The third kappa shape index (κ3) is 5.27. The van der Waals surface area contributed by atoms with Crippen LogP contribution in [0.4, 0.5) is 0 Å². The van der Waals surface area contributed by atoms with Crippen molar-refractivity contribution in [1.29, 1.82) is 0 Å². The van der Waals surface area contributed by atoms with Crippen LogP contribution >= 0.6 is 0 Å².